The van der Waals surface area contributed by atoms with Gasteiger partial charge in [0.05, 0.1) is 40.3 Å². The molecule has 2 aromatic heterocycles. The number of phenols is 1. The number of carbonyl (C=O) groups is 4. The fourth-order valence-corrected chi connectivity index (χ4v) is 9.89. The van der Waals surface area contributed by atoms with Gasteiger partial charge >= 0.3 is 12.5 Å². The number of hydrogen-bond acceptors (Lipinski definition) is 9. The molecule has 19 heteroatoms. The number of likely N-dealkylation sites (tertiary alicyclic amines) is 1. The molecule has 0 bridgehead atoms. The van der Waals surface area contributed by atoms with Crippen LogP contribution in [0.4, 0.5) is 32.2 Å². The zero-order valence-corrected chi connectivity index (χ0v) is 31.1. The molecular weight excluding hydrogens is 825 g/mol. The number of rotatable bonds is 7. The number of hydrogen-bond donors (Lipinski definition) is 2. The number of alkyl halides is 6. The molecule has 0 spiro atoms. The fraction of sp³-hybridized carbons (Fsp3) is 0.289. The number of ether oxygens (including phenoxy) is 1. The predicted octanol–water partition coefficient (Wildman–Crippen LogP) is 8.26. The Morgan fingerprint density at radius 3 is 2.33 bits per heavy atom. The summed E-state index contributed by atoms with van der Waals surface area (Å²) >= 11 is 13.8. The maximum atomic E-state index is 15.3. The molecule has 4 heterocycles. The first-order chi connectivity index (χ1) is 26.9. The summed E-state index contributed by atoms with van der Waals surface area (Å²) in [5, 5.41) is 13.4. The number of nitrogens with zero attached hydrogens (tertiary/aromatic N) is 3. The number of allylic oxidation sites excluding steroid dienone is 2. The van der Waals surface area contributed by atoms with Crippen LogP contribution in [0.1, 0.15) is 40.3 Å². The predicted molar refractivity (Wildman–Crippen MR) is 192 cm³/mol. The minimum Gasteiger partial charge on any atom is -0.508 e. The summed E-state index contributed by atoms with van der Waals surface area (Å²) in [6, 6.07) is 12.5. The van der Waals surface area contributed by atoms with Gasteiger partial charge < -0.3 is 9.84 Å². The highest BCUT2D eigenvalue weighted by Crippen LogP contribution is 2.65. The van der Waals surface area contributed by atoms with E-state index >= 15 is 4.79 Å². The lowest BCUT2D eigenvalue weighted by Crippen LogP contribution is -2.53. The number of fused-ring (bicyclic) bond motifs is 4. The van der Waals surface area contributed by atoms with Crippen molar-refractivity contribution in [2.45, 2.75) is 43.3 Å². The van der Waals surface area contributed by atoms with Crippen LogP contribution in [-0.4, -0.2) is 50.0 Å². The quantitative estimate of drug-likeness (QED) is 0.108. The van der Waals surface area contributed by atoms with Crippen LogP contribution in [0.25, 0.3) is 0 Å². The monoisotopic (exact) mass is 850 g/mol. The van der Waals surface area contributed by atoms with Gasteiger partial charge in [0.1, 0.15) is 11.5 Å². The van der Waals surface area contributed by atoms with Gasteiger partial charge in [-0.3, -0.25) is 29.5 Å². The molecule has 1 saturated carbocycles. The van der Waals surface area contributed by atoms with E-state index in [1.165, 1.54) is 35.6 Å². The fourth-order valence-electron chi connectivity index (χ4n) is 8.87. The van der Waals surface area contributed by atoms with E-state index in [2.05, 4.69) is 15.1 Å². The molecule has 0 unspecified atom stereocenters. The normalized spacial score (nSPS) is 26.0. The number of pyridine rings is 1. The van der Waals surface area contributed by atoms with Crippen LogP contribution in [0.3, 0.4) is 0 Å². The molecular formula is C38H26Cl2F6N4O6S. The van der Waals surface area contributed by atoms with E-state index in [1.54, 1.807) is 23.6 Å². The Balaban J connectivity index is 1.32. The van der Waals surface area contributed by atoms with Crippen LogP contribution in [-0.2, 0) is 37.3 Å². The van der Waals surface area contributed by atoms with Crippen LogP contribution in [0.2, 0.25) is 10.0 Å². The molecule has 296 valence electrons. The Kier molecular flexibility index (Phi) is 9.35. The third kappa shape index (κ3) is 6.39. The van der Waals surface area contributed by atoms with Crippen LogP contribution < -0.4 is 10.2 Å². The Bertz CT molecular complexity index is 2360. The zero-order valence-electron chi connectivity index (χ0n) is 28.8. The maximum Gasteiger partial charge on any atom is 0.573 e. The largest absolute Gasteiger partial charge is 0.573 e. The lowest BCUT2D eigenvalue weighted by molar-refractivity contribution is -0.274. The number of imide groups is 2. The average molecular weight is 852 g/mol. The average Bonchev–Trinajstić information content (AvgIpc) is 3.81. The number of carbonyl (C=O) groups excluding carboxylic acids is 4. The first kappa shape index (κ1) is 38.7. The first-order valence-electron chi connectivity index (χ1n) is 17.2. The molecule has 8 rings (SSSR count). The van der Waals surface area contributed by atoms with Crippen LogP contribution in [0.5, 0.6) is 11.5 Å². The lowest BCUT2D eigenvalue weighted by atomic mass is 9.49. The minimum atomic E-state index is -5.17. The number of thiophene rings is 1. The van der Waals surface area contributed by atoms with E-state index < -0.39 is 99.1 Å². The summed E-state index contributed by atoms with van der Waals surface area (Å²) in [6.07, 6.45) is -8.19. The highest BCUT2D eigenvalue weighted by molar-refractivity contribution is 7.09. The molecule has 10 nitrogen and oxygen atoms in total. The van der Waals surface area contributed by atoms with Gasteiger partial charge in [-0.25, -0.2) is 4.98 Å². The lowest BCUT2D eigenvalue weighted by Gasteiger charge is -2.50. The van der Waals surface area contributed by atoms with E-state index in [9.17, 15) is 45.8 Å². The number of aromatic nitrogens is 1. The number of benzene rings is 2. The van der Waals surface area contributed by atoms with Crippen LogP contribution >= 0.6 is 34.5 Å². The van der Waals surface area contributed by atoms with E-state index in [0.29, 0.717) is 22.8 Å². The highest BCUT2D eigenvalue weighted by Gasteiger charge is 2.70. The molecule has 57 heavy (non-hydrogen) atoms. The highest BCUT2D eigenvalue weighted by atomic mass is 35.5. The molecule has 4 amide bonds. The molecule has 0 radical (unpaired) electrons. The Hall–Kier alpha value is -5.13. The Morgan fingerprint density at radius 1 is 0.947 bits per heavy atom. The second-order valence-electron chi connectivity index (χ2n) is 14.0. The molecule has 2 aromatic carbocycles. The van der Waals surface area contributed by atoms with Crippen molar-refractivity contribution in [2.75, 3.05) is 5.43 Å². The van der Waals surface area contributed by atoms with Gasteiger partial charge in [-0.15, -0.1) is 24.5 Å². The van der Waals surface area contributed by atoms with Crippen molar-refractivity contribution in [1.29, 1.82) is 0 Å². The molecule has 2 aliphatic carbocycles. The SMILES string of the molecule is O=C1[C@H]2[C@H](CC=C3[C@H]2C[C@H]2C(=O)N(Nc4ncc(C(F)(F)F)cc4Cl)C(=O)[C@@]2(c2ccc(Cl)cc2)[C@H]3c2cc(OC(F)(F)F)ccc2O)C(=O)N1Cc1cccs1. The molecule has 2 N–H and O–H groups in total. The first-order valence-corrected chi connectivity index (χ1v) is 18.8. The topological polar surface area (TPSA) is 129 Å². The summed E-state index contributed by atoms with van der Waals surface area (Å²) in [5.41, 5.74) is -0.696. The third-order valence-corrected chi connectivity index (χ3v) is 12.5. The smallest absolute Gasteiger partial charge is 0.508 e. The summed E-state index contributed by atoms with van der Waals surface area (Å²) in [4.78, 5) is 63.8. The molecule has 6 atom stereocenters. The maximum absolute atomic E-state index is 15.3. The van der Waals surface area contributed by atoms with Gasteiger partial charge in [-0.05, 0) is 72.2 Å². The van der Waals surface area contributed by atoms with E-state index in [1.807, 2.05) is 0 Å². The number of phenolic OH excluding ortho intramolecular Hbond substituents is 1. The van der Waals surface area contributed by atoms with E-state index in [-0.39, 0.29) is 35.5 Å². The second-order valence-corrected chi connectivity index (χ2v) is 15.9. The standard InChI is InChI=1S/C38H26Cl2F6N4O6S/c39-19-5-3-17(4-6-19)36-26(33(53)50(35(36)55)48-31-27(40)12-18(15-47-31)37(41,42)43)14-24-22(30(36)25-13-20(7-10-28(25)51)56-38(44,45)46)8-9-23-29(24)34(54)49(32(23)52)16-21-2-1-11-57-21/h1-8,10-13,15,23-24,26,29-30,51H,9,14,16H2,(H,47,48)/t23-,24+,26-,29-,30+,36+/m0/s1. The van der Waals surface area contributed by atoms with Crippen LogP contribution in [0, 0.1) is 23.7 Å². The van der Waals surface area contributed by atoms with Gasteiger partial charge in [0, 0.05) is 27.6 Å². The zero-order chi connectivity index (χ0) is 40.8. The summed E-state index contributed by atoms with van der Waals surface area (Å²) < 4.78 is 85.4. The van der Waals surface area contributed by atoms with Crippen molar-refractivity contribution in [3.05, 3.63) is 116 Å². The van der Waals surface area contributed by atoms with Gasteiger partial charge in [-0.1, -0.05) is 53.1 Å². The van der Waals surface area contributed by atoms with Crippen molar-refractivity contribution < 1.29 is 55.4 Å². The number of aromatic hydroxyl groups is 1. The molecule has 2 saturated heterocycles. The van der Waals surface area contributed by atoms with Gasteiger partial charge in [0.15, 0.2) is 5.82 Å². The Labute approximate surface area is 332 Å². The Morgan fingerprint density at radius 2 is 1.68 bits per heavy atom. The van der Waals surface area contributed by atoms with E-state index in [0.717, 1.165) is 28.0 Å². The third-order valence-electron chi connectivity index (χ3n) is 11.1. The number of anilines is 1. The summed E-state index contributed by atoms with van der Waals surface area (Å²) in [7, 11) is 0. The number of nitrogens with one attached hydrogen (secondary N) is 1. The molecule has 3 fully saturated rings. The number of amides is 4. The molecule has 4 aliphatic rings. The summed E-state index contributed by atoms with van der Waals surface area (Å²) in [5.74, 6) is -10.7. The number of halogens is 8. The number of hydrazine groups is 1. The van der Waals surface area contributed by atoms with Crippen molar-refractivity contribution in [2.24, 2.45) is 23.7 Å². The van der Waals surface area contributed by atoms with Crippen molar-refractivity contribution in [3.63, 3.8) is 0 Å². The van der Waals surface area contributed by atoms with Crippen molar-refractivity contribution in [1.82, 2.24) is 14.9 Å². The minimum absolute atomic E-state index is 0.0143. The van der Waals surface area contributed by atoms with Crippen molar-refractivity contribution >= 4 is 64.0 Å². The summed E-state index contributed by atoms with van der Waals surface area (Å²) in [6.45, 7) is -0.0143. The molecule has 2 aliphatic heterocycles. The van der Waals surface area contributed by atoms with Crippen molar-refractivity contribution in [3.8, 4) is 11.5 Å². The second kappa shape index (κ2) is 13.8. The van der Waals surface area contributed by atoms with Gasteiger partial charge in [0.25, 0.3) is 11.8 Å². The van der Waals surface area contributed by atoms with Crippen LogP contribution in [0.15, 0.2) is 83.9 Å². The van der Waals surface area contributed by atoms with Gasteiger partial charge in [0.2, 0.25) is 11.8 Å². The van der Waals surface area contributed by atoms with E-state index in [4.69, 9.17) is 23.2 Å². The molecule has 4 aromatic rings. The van der Waals surface area contributed by atoms with Gasteiger partial charge in [-0.2, -0.15) is 18.2 Å².